The Morgan fingerprint density at radius 1 is 1.10 bits per heavy atom. The van der Waals surface area contributed by atoms with Crippen molar-refractivity contribution < 1.29 is 14.0 Å². The van der Waals surface area contributed by atoms with Crippen LogP contribution in [0.1, 0.15) is 39.2 Å². The molecule has 2 fully saturated rings. The summed E-state index contributed by atoms with van der Waals surface area (Å²) in [5, 5.41) is 0. The molecule has 108 valence electrons. The maximum Gasteiger partial charge on any atom is 0.494 e. The summed E-state index contributed by atoms with van der Waals surface area (Å²) in [4.78, 5) is 0. The first-order valence-corrected chi connectivity index (χ1v) is 7.13. The van der Waals surface area contributed by atoms with E-state index in [1.807, 2.05) is 12.1 Å². The summed E-state index contributed by atoms with van der Waals surface area (Å²) in [6.07, 6.45) is 0. The maximum absolute atomic E-state index is 6.08. The summed E-state index contributed by atoms with van der Waals surface area (Å²) >= 11 is 0. The lowest BCUT2D eigenvalue weighted by atomic mass is 9.77. The van der Waals surface area contributed by atoms with Gasteiger partial charge >= 0.3 is 7.12 Å². The van der Waals surface area contributed by atoms with Crippen molar-refractivity contribution in [3.05, 3.63) is 23.8 Å². The van der Waals surface area contributed by atoms with Crippen molar-refractivity contribution in [1.82, 2.24) is 0 Å². The van der Waals surface area contributed by atoms with Crippen molar-refractivity contribution in [2.75, 3.05) is 18.9 Å². The van der Waals surface area contributed by atoms with Crippen LogP contribution in [0.25, 0.3) is 0 Å². The Bertz CT molecular complexity index is 510. The molecule has 1 aromatic rings. The summed E-state index contributed by atoms with van der Waals surface area (Å²) in [7, 11) is -0.333. The molecule has 0 spiro atoms. The molecule has 0 aliphatic carbocycles. The second-order valence-corrected chi connectivity index (χ2v) is 6.71. The van der Waals surface area contributed by atoms with Crippen LogP contribution >= 0.6 is 0 Å². The molecule has 2 aliphatic rings. The van der Waals surface area contributed by atoms with Crippen LogP contribution in [0.3, 0.4) is 0 Å². The first kappa shape index (κ1) is 13.9. The Hall–Kier alpha value is -1.04. The summed E-state index contributed by atoms with van der Waals surface area (Å²) in [5.74, 6) is 0.400. The monoisotopic (exact) mass is 275 g/mol. The van der Waals surface area contributed by atoms with Gasteiger partial charge in [0.05, 0.1) is 24.4 Å². The quantitative estimate of drug-likeness (QED) is 0.659. The molecule has 20 heavy (non-hydrogen) atoms. The highest BCUT2D eigenvalue weighted by atomic mass is 16.7. The molecule has 1 aromatic carbocycles. The van der Waals surface area contributed by atoms with Gasteiger partial charge in [-0.15, -0.1) is 0 Å². The molecule has 2 saturated heterocycles. The minimum absolute atomic E-state index is 0.321. The first-order valence-electron chi connectivity index (χ1n) is 7.13. The smallest absolute Gasteiger partial charge is 0.399 e. The van der Waals surface area contributed by atoms with Gasteiger partial charge in [-0.05, 0) is 44.8 Å². The topological polar surface area (TPSA) is 53.7 Å². The third-order valence-electron chi connectivity index (χ3n) is 4.71. The molecule has 5 heteroatoms. The fourth-order valence-corrected chi connectivity index (χ4v) is 2.49. The number of ether oxygens (including phenoxy) is 1. The van der Waals surface area contributed by atoms with E-state index in [9.17, 15) is 0 Å². The van der Waals surface area contributed by atoms with Gasteiger partial charge in [0.15, 0.2) is 0 Å². The van der Waals surface area contributed by atoms with Crippen LogP contribution in [0.4, 0.5) is 5.69 Å². The lowest BCUT2D eigenvalue weighted by Gasteiger charge is -2.32. The van der Waals surface area contributed by atoms with E-state index in [1.54, 1.807) is 0 Å². The highest BCUT2D eigenvalue weighted by Gasteiger charge is 2.51. The number of hydrogen-bond donors (Lipinski definition) is 1. The molecule has 3 rings (SSSR count). The molecule has 0 atom stereocenters. The van der Waals surface area contributed by atoms with Crippen LogP contribution in [0, 0.1) is 0 Å². The summed E-state index contributed by atoms with van der Waals surface area (Å²) in [6, 6.07) is 6.03. The molecule has 0 saturated carbocycles. The lowest BCUT2D eigenvalue weighted by Crippen LogP contribution is -2.41. The Morgan fingerprint density at radius 2 is 1.70 bits per heavy atom. The van der Waals surface area contributed by atoms with Crippen molar-refractivity contribution in [1.29, 1.82) is 0 Å². The van der Waals surface area contributed by atoms with Crippen molar-refractivity contribution in [2.45, 2.75) is 44.8 Å². The third-order valence-corrected chi connectivity index (χ3v) is 4.71. The molecule has 2 aliphatic heterocycles. The first-order chi connectivity index (χ1) is 9.30. The van der Waals surface area contributed by atoms with Crippen molar-refractivity contribution in [2.24, 2.45) is 0 Å². The van der Waals surface area contributed by atoms with Gasteiger partial charge in [-0.1, -0.05) is 12.1 Å². The number of hydrogen-bond acceptors (Lipinski definition) is 4. The zero-order valence-corrected chi connectivity index (χ0v) is 12.6. The average Bonchev–Trinajstić information content (AvgIpc) is 2.49. The molecular weight excluding hydrogens is 253 g/mol. The molecule has 0 amide bonds. The second kappa shape index (κ2) is 4.48. The van der Waals surface area contributed by atoms with Crippen LogP contribution in [-0.2, 0) is 14.0 Å². The van der Waals surface area contributed by atoms with E-state index in [-0.39, 0.29) is 18.3 Å². The molecule has 0 bridgehead atoms. The Balaban J connectivity index is 1.88. The fraction of sp³-hybridized carbons (Fsp3) is 0.600. The molecule has 4 nitrogen and oxygen atoms in total. The van der Waals surface area contributed by atoms with E-state index >= 15 is 0 Å². The fourth-order valence-electron chi connectivity index (χ4n) is 2.49. The molecular formula is C15H22BNO3. The van der Waals surface area contributed by atoms with Crippen molar-refractivity contribution in [3.63, 3.8) is 0 Å². The summed E-state index contributed by atoms with van der Waals surface area (Å²) in [5.41, 5.74) is 8.41. The zero-order chi connectivity index (χ0) is 14.5. The standard InChI is InChI=1S/C15H22BNO3/c1-14(2)15(3,4)20-16(19-14)11-5-6-13(17)12(7-11)10-8-18-9-10/h5-7,10H,8-9,17H2,1-4H3. The largest absolute Gasteiger partial charge is 0.494 e. The number of nitrogen functional groups attached to an aromatic ring is 1. The van der Waals surface area contributed by atoms with Gasteiger partial charge in [-0.3, -0.25) is 0 Å². The summed E-state index contributed by atoms with van der Waals surface area (Å²) < 4.78 is 17.4. The number of rotatable bonds is 2. The van der Waals surface area contributed by atoms with E-state index in [0.29, 0.717) is 5.92 Å². The highest BCUT2D eigenvalue weighted by Crippen LogP contribution is 2.37. The minimum atomic E-state index is -0.333. The van der Waals surface area contributed by atoms with E-state index in [4.69, 9.17) is 19.8 Å². The van der Waals surface area contributed by atoms with Crippen LogP contribution in [0.5, 0.6) is 0 Å². The average molecular weight is 275 g/mol. The van der Waals surface area contributed by atoms with Gasteiger partial charge in [0, 0.05) is 11.6 Å². The van der Waals surface area contributed by atoms with E-state index in [1.165, 1.54) is 0 Å². The van der Waals surface area contributed by atoms with Crippen LogP contribution in [0.2, 0.25) is 0 Å². The van der Waals surface area contributed by atoms with Crippen LogP contribution in [-0.4, -0.2) is 31.5 Å². The van der Waals surface area contributed by atoms with Crippen molar-refractivity contribution in [3.8, 4) is 0 Å². The molecule has 0 radical (unpaired) electrons. The molecule has 2 heterocycles. The third kappa shape index (κ3) is 2.14. The van der Waals surface area contributed by atoms with E-state index in [2.05, 4.69) is 33.8 Å². The zero-order valence-electron chi connectivity index (χ0n) is 12.6. The van der Waals surface area contributed by atoms with Crippen molar-refractivity contribution >= 4 is 18.3 Å². The molecule has 0 unspecified atom stereocenters. The van der Waals surface area contributed by atoms with Gasteiger partial charge in [0.1, 0.15) is 0 Å². The predicted octanol–water partition coefficient (Wildman–Crippen LogP) is 1.68. The van der Waals surface area contributed by atoms with Gasteiger partial charge < -0.3 is 19.8 Å². The van der Waals surface area contributed by atoms with Crippen LogP contribution < -0.4 is 11.2 Å². The highest BCUT2D eigenvalue weighted by molar-refractivity contribution is 6.62. The number of nitrogens with two attached hydrogens (primary N) is 1. The van der Waals surface area contributed by atoms with Gasteiger partial charge in [0.25, 0.3) is 0 Å². The summed E-state index contributed by atoms with van der Waals surface area (Å²) in [6.45, 7) is 9.74. The lowest BCUT2D eigenvalue weighted by molar-refractivity contribution is 0.00578. The Morgan fingerprint density at radius 3 is 2.20 bits per heavy atom. The second-order valence-electron chi connectivity index (χ2n) is 6.71. The number of anilines is 1. The maximum atomic E-state index is 6.08. The Labute approximate surface area is 120 Å². The normalized spacial score (nSPS) is 24.7. The van der Waals surface area contributed by atoms with Gasteiger partial charge in [-0.2, -0.15) is 0 Å². The van der Waals surface area contributed by atoms with Gasteiger partial charge in [-0.25, -0.2) is 0 Å². The molecule has 2 N–H and O–H groups in total. The van der Waals surface area contributed by atoms with E-state index in [0.717, 1.165) is 29.9 Å². The van der Waals surface area contributed by atoms with E-state index < -0.39 is 0 Å². The number of benzene rings is 1. The minimum Gasteiger partial charge on any atom is -0.399 e. The predicted molar refractivity (Wildman–Crippen MR) is 80.1 cm³/mol. The van der Waals surface area contributed by atoms with Gasteiger partial charge in [0.2, 0.25) is 0 Å². The SMILES string of the molecule is CC1(C)OB(c2ccc(N)c(C3COC3)c2)OC1(C)C. The van der Waals surface area contributed by atoms with Crippen LogP contribution in [0.15, 0.2) is 18.2 Å². The molecule has 0 aromatic heterocycles. The Kier molecular flexibility index (Phi) is 3.12.